The molecule has 17 heavy (non-hydrogen) atoms. The first kappa shape index (κ1) is 13.3. The first-order valence-corrected chi connectivity index (χ1v) is 7.54. The van der Waals surface area contributed by atoms with Crippen molar-refractivity contribution in [3.63, 3.8) is 0 Å². The second kappa shape index (κ2) is 7.34. The largest absolute Gasteiger partial charge is 0.317 e. The van der Waals surface area contributed by atoms with E-state index < -0.39 is 0 Å². The van der Waals surface area contributed by atoms with Crippen LogP contribution in [0.15, 0.2) is 0 Å². The van der Waals surface area contributed by atoms with Crippen LogP contribution in [-0.2, 0) is 0 Å². The zero-order chi connectivity index (χ0) is 11.9. The lowest BCUT2D eigenvalue weighted by molar-refractivity contribution is 0.127. The molecule has 1 aliphatic heterocycles. The van der Waals surface area contributed by atoms with Crippen molar-refractivity contribution in [1.29, 1.82) is 0 Å². The van der Waals surface area contributed by atoms with Crippen LogP contribution in [0.25, 0.3) is 0 Å². The summed E-state index contributed by atoms with van der Waals surface area (Å²) in [6.45, 7) is 12.5. The standard InChI is InChI=1S/C14H29N3/c1-2-6-15-7-3-8-16-9-11-17(12-10-16)13-14-4-5-14/h14-15H,2-13H2,1H3. The Kier molecular flexibility index (Phi) is 5.75. The normalized spacial score (nSPS) is 23.1. The first-order valence-electron chi connectivity index (χ1n) is 7.54. The summed E-state index contributed by atoms with van der Waals surface area (Å²) in [5.74, 6) is 1.06. The fraction of sp³-hybridized carbons (Fsp3) is 1.00. The van der Waals surface area contributed by atoms with Gasteiger partial charge in [0.2, 0.25) is 0 Å². The van der Waals surface area contributed by atoms with Crippen LogP contribution >= 0.6 is 0 Å². The topological polar surface area (TPSA) is 18.5 Å². The Morgan fingerprint density at radius 1 is 1.00 bits per heavy atom. The van der Waals surface area contributed by atoms with Crippen molar-refractivity contribution >= 4 is 0 Å². The summed E-state index contributed by atoms with van der Waals surface area (Å²) >= 11 is 0. The lowest BCUT2D eigenvalue weighted by Gasteiger charge is -2.34. The molecule has 0 bridgehead atoms. The molecule has 0 spiro atoms. The van der Waals surface area contributed by atoms with Crippen LogP contribution in [-0.4, -0.2) is 62.2 Å². The molecule has 1 saturated carbocycles. The van der Waals surface area contributed by atoms with E-state index in [4.69, 9.17) is 0 Å². The molecular weight excluding hydrogens is 210 g/mol. The molecule has 3 nitrogen and oxygen atoms in total. The van der Waals surface area contributed by atoms with E-state index >= 15 is 0 Å². The number of nitrogens with one attached hydrogen (secondary N) is 1. The number of hydrogen-bond acceptors (Lipinski definition) is 3. The molecule has 0 aromatic heterocycles. The maximum atomic E-state index is 3.48. The van der Waals surface area contributed by atoms with Gasteiger partial charge in [0.25, 0.3) is 0 Å². The van der Waals surface area contributed by atoms with E-state index in [0.29, 0.717) is 0 Å². The van der Waals surface area contributed by atoms with Gasteiger partial charge in [-0.1, -0.05) is 6.92 Å². The molecule has 0 unspecified atom stereocenters. The van der Waals surface area contributed by atoms with Gasteiger partial charge in [0, 0.05) is 32.7 Å². The summed E-state index contributed by atoms with van der Waals surface area (Å²) in [7, 11) is 0. The van der Waals surface area contributed by atoms with E-state index in [1.54, 1.807) is 0 Å². The van der Waals surface area contributed by atoms with Gasteiger partial charge in [-0.05, 0) is 51.2 Å². The molecular formula is C14H29N3. The highest BCUT2D eigenvalue weighted by molar-refractivity contribution is 4.80. The van der Waals surface area contributed by atoms with E-state index in [-0.39, 0.29) is 0 Å². The van der Waals surface area contributed by atoms with Gasteiger partial charge in [0.1, 0.15) is 0 Å². The van der Waals surface area contributed by atoms with Crippen molar-refractivity contribution in [2.24, 2.45) is 5.92 Å². The highest BCUT2D eigenvalue weighted by atomic mass is 15.3. The molecule has 0 amide bonds. The monoisotopic (exact) mass is 239 g/mol. The van der Waals surface area contributed by atoms with Crippen LogP contribution in [0.1, 0.15) is 32.6 Å². The molecule has 1 heterocycles. The third kappa shape index (κ3) is 5.36. The van der Waals surface area contributed by atoms with Crippen LogP contribution in [0.5, 0.6) is 0 Å². The van der Waals surface area contributed by atoms with Gasteiger partial charge in [-0.15, -0.1) is 0 Å². The zero-order valence-corrected chi connectivity index (χ0v) is 11.5. The smallest absolute Gasteiger partial charge is 0.0110 e. The number of hydrogen-bond donors (Lipinski definition) is 1. The molecule has 0 aromatic rings. The van der Waals surface area contributed by atoms with E-state index in [2.05, 4.69) is 22.0 Å². The molecule has 1 saturated heterocycles. The van der Waals surface area contributed by atoms with Gasteiger partial charge >= 0.3 is 0 Å². The minimum Gasteiger partial charge on any atom is -0.317 e. The predicted molar refractivity (Wildman–Crippen MR) is 73.4 cm³/mol. The van der Waals surface area contributed by atoms with Crippen molar-refractivity contribution < 1.29 is 0 Å². The number of nitrogens with zero attached hydrogens (tertiary/aromatic N) is 2. The van der Waals surface area contributed by atoms with Gasteiger partial charge in [-0.25, -0.2) is 0 Å². The summed E-state index contributed by atoms with van der Waals surface area (Å²) < 4.78 is 0. The maximum Gasteiger partial charge on any atom is 0.0110 e. The maximum absolute atomic E-state index is 3.48. The fourth-order valence-corrected chi connectivity index (χ4v) is 2.59. The van der Waals surface area contributed by atoms with Crippen LogP contribution in [0.3, 0.4) is 0 Å². The Bertz CT molecular complexity index is 196. The molecule has 0 aromatic carbocycles. The predicted octanol–water partition coefficient (Wildman–Crippen LogP) is 1.40. The summed E-state index contributed by atoms with van der Waals surface area (Å²) in [6.07, 6.45) is 5.54. The van der Waals surface area contributed by atoms with E-state index in [9.17, 15) is 0 Å². The van der Waals surface area contributed by atoms with Crippen molar-refractivity contribution in [2.75, 3.05) is 52.4 Å². The Labute approximate surface area is 107 Å². The van der Waals surface area contributed by atoms with Crippen molar-refractivity contribution in [1.82, 2.24) is 15.1 Å². The third-order valence-electron chi connectivity index (χ3n) is 3.93. The molecule has 1 N–H and O–H groups in total. The van der Waals surface area contributed by atoms with E-state index in [1.165, 1.54) is 78.0 Å². The lowest BCUT2D eigenvalue weighted by atomic mass is 10.2. The Morgan fingerprint density at radius 2 is 1.71 bits per heavy atom. The molecule has 0 radical (unpaired) electrons. The summed E-state index contributed by atoms with van der Waals surface area (Å²) in [6, 6.07) is 0. The molecule has 2 fully saturated rings. The van der Waals surface area contributed by atoms with Crippen molar-refractivity contribution in [3.8, 4) is 0 Å². The molecule has 100 valence electrons. The van der Waals surface area contributed by atoms with Gasteiger partial charge in [-0.3, -0.25) is 0 Å². The molecule has 2 aliphatic rings. The summed E-state index contributed by atoms with van der Waals surface area (Å²) in [4.78, 5) is 5.31. The Morgan fingerprint density at radius 3 is 2.35 bits per heavy atom. The second-order valence-electron chi connectivity index (χ2n) is 5.69. The first-order chi connectivity index (χ1) is 8.38. The Balaban J connectivity index is 1.46. The minimum atomic E-state index is 1.06. The average Bonchev–Trinajstić information content (AvgIpc) is 3.15. The SMILES string of the molecule is CCCNCCCN1CCN(CC2CC2)CC1. The molecule has 1 aliphatic carbocycles. The van der Waals surface area contributed by atoms with E-state index in [1.807, 2.05) is 0 Å². The van der Waals surface area contributed by atoms with Crippen LogP contribution < -0.4 is 5.32 Å². The number of rotatable bonds is 8. The fourth-order valence-electron chi connectivity index (χ4n) is 2.59. The third-order valence-corrected chi connectivity index (χ3v) is 3.93. The Hall–Kier alpha value is -0.120. The molecule has 0 atom stereocenters. The van der Waals surface area contributed by atoms with Crippen LogP contribution in [0.4, 0.5) is 0 Å². The van der Waals surface area contributed by atoms with Crippen LogP contribution in [0, 0.1) is 5.92 Å². The van der Waals surface area contributed by atoms with Crippen molar-refractivity contribution in [2.45, 2.75) is 32.6 Å². The van der Waals surface area contributed by atoms with Gasteiger partial charge in [0.15, 0.2) is 0 Å². The number of piperazine rings is 1. The van der Waals surface area contributed by atoms with Gasteiger partial charge < -0.3 is 15.1 Å². The lowest BCUT2D eigenvalue weighted by Crippen LogP contribution is -2.47. The van der Waals surface area contributed by atoms with Gasteiger partial charge in [0.05, 0.1) is 0 Å². The highest BCUT2D eigenvalue weighted by Crippen LogP contribution is 2.29. The second-order valence-corrected chi connectivity index (χ2v) is 5.69. The van der Waals surface area contributed by atoms with Crippen molar-refractivity contribution in [3.05, 3.63) is 0 Å². The van der Waals surface area contributed by atoms with E-state index in [0.717, 1.165) is 5.92 Å². The quantitative estimate of drug-likeness (QED) is 0.646. The summed E-state index contributed by atoms with van der Waals surface area (Å²) in [5.41, 5.74) is 0. The average molecular weight is 239 g/mol. The van der Waals surface area contributed by atoms with Gasteiger partial charge in [-0.2, -0.15) is 0 Å². The highest BCUT2D eigenvalue weighted by Gasteiger charge is 2.26. The van der Waals surface area contributed by atoms with Crippen LogP contribution in [0.2, 0.25) is 0 Å². The summed E-state index contributed by atoms with van der Waals surface area (Å²) in [5, 5.41) is 3.48. The minimum absolute atomic E-state index is 1.06. The molecule has 3 heteroatoms. The zero-order valence-electron chi connectivity index (χ0n) is 11.5. The molecule has 2 rings (SSSR count).